The monoisotopic (exact) mass is 406 g/mol. The minimum absolute atomic E-state index is 0.0168. The van der Waals surface area contributed by atoms with Crippen molar-refractivity contribution in [2.45, 2.75) is 31.4 Å². The van der Waals surface area contributed by atoms with Crippen molar-refractivity contribution in [3.63, 3.8) is 0 Å². The molecule has 0 saturated carbocycles. The number of piperidine rings is 1. The number of primary amides is 1. The summed E-state index contributed by atoms with van der Waals surface area (Å²) in [6.07, 6.45) is 6.16. The first kappa shape index (κ1) is 19.3. The van der Waals surface area contributed by atoms with E-state index >= 15 is 0 Å². The van der Waals surface area contributed by atoms with Gasteiger partial charge in [0.1, 0.15) is 11.9 Å². The Morgan fingerprint density at radius 2 is 2.04 bits per heavy atom. The Bertz CT molecular complexity index is 863. The van der Waals surface area contributed by atoms with Crippen LogP contribution in [0.25, 0.3) is 11.1 Å². The van der Waals surface area contributed by atoms with Gasteiger partial charge in [0, 0.05) is 17.5 Å². The fourth-order valence-electron chi connectivity index (χ4n) is 3.79. The molecule has 2 aliphatic rings. The first-order valence-corrected chi connectivity index (χ1v) is 11.4. The van der Waals surface area contributed by atoms with Crippen LogP contribution in [0.15, 0.2) is 30.6 Å². The molecule has 28 heavy (non-hydrogen) atoms. The second-order valence-electron chi connectivity index (χ2n) is 7.47. The summed E-state index contributed by atoms with van der Waals surface area (Å²) >= 11 is 0. The summed E-state index contributed by atoms with van der Waals surface area (Å²) in [4.78, 5) is 12.0. The Morgan fingerprint density at radius 1 is 1.25 bits per heavy atom. The molecule has 1 aromatic carbocycles. The Hall–Kier alpha value is -2.07. The van der Waals surface area contributed by atoms with Crippen LogP contribution >= 0.6 is 10.6 Å². The van der Waals surface area contributed by atoms with Crippen molar-refractivity contribution in [3.8, 4) is 16.9 Å². The largest absolute Gasteiger partial charge is 0.489 e. The Balaban J connectivity index is 1.55. The SMILES string of the molecule is NC(=O)c1cc(-c2cnn(C3CCS(O)(O)C3)c2)ccc1OC1CCNCC1. The van der Waals surface area contributed by atoms with Crippen molar-refractivity contribution in [2.75, 3.05) is 24.6 Å². The topological polar surface area (TPSA) is 123 Å². The molecule has 4 rings (SSSR count). The molecule has 9 heteroatoms. The van der Waals surface area contributed by atoms with E-state index in [9.17, 15) is 13.9 Å². The number of aromatic nitrogens is 2. The van der Waals surface area contributed by atoms with Gasteiger partial charge in [0.15, 0.2) is 0 Å². The van der Waals surface area contributed by atoms with Gasteiger partial charge in [-0.3, -0.25) is 18.6 Å². The highest BCUT2D eigenvalue weighted by Crippen LogP contribution is 2.50. The fraction of sp³-hybridized carbons (Fsp3) is 0.474. The molecule has 5 N–H and O–H groups in total. The molecule has 0 bridgehead atoms. The van der Waals surface area contributed by atoms with Gasteiger partial charge in [0.2, 0.25) is 0 Å². The summed E-state index contributed by atoms with van der Waals surface area (Å²) in [7, 11) is -2.48. The maximum absolute atomic E-state index is 12.0. The highest BCUT2D eigenvalue weighted by atomic mass is 32.3. The molecule has 152 valence electrons. The van der Waals surface area contributed by atoms with E-state index in [4.69, 9.17) is 10.5 Å². The average Bonchev–Trinajstić information content (AvgIpc) is 3.29. The van der Waals surface area contributed by atoms with E-state index in [0.717, 1.165) is 37.1 Å². The van der Waals surface area contributed by atoms with Crippen molar-refractivity contribution < 1.29 is 18.6 Å². The molecule has 2 fully saturated rings. The normalized spacial score (nSPS) is 23.4. The van der Waals surface area contributed by atoms with Crippen LogP contribution in [0.4, 0.5) is 0 Å². The molecule has 1 unspecified atom stereocenters. The number of nitrogens with two attached hydrogens (primary N) is 1. The first-order valence-electron chi connectivity index (χ1n) is 9.51. The summed E-state index contributed by atoms with van der Waals surface area (Å²) < 4.78 is 27.5. The molecular formula is C19H26N4O4S. The molecule has 0 aliphatic carbocycles. The number of ether oxygens (including phenoxy) is 1. The maximum atomic E-state index is 12.0. The van der Waals surface area contributed by atoms with Gasteiger partial charge in [-0.05, 0) is 50.0 Å². The lowest BCUT2D eigenvalue weighted by Gasteiger charge is -2.25. The third-order valence-corrected chi connectivity index (χ3v) is 7.18. The lowest BCUT2D eigenvalue weighted by molar-refractivity contribution is 0.0989. The van der Waals surface area contributed by atoms with Crippen molar-refractivity contribution >= 4 is 16.5 Å². The van der Waals surface area contributed by atoms with E-state index < -0.39 is 16.5 Å². The molecule has 1 aromatic heterocycles. The second-order valence-corrected chi connectivity index (χ2v) is 9.81. The zero-order chi connectivity index (χ0) is 19.7. The van der Waals surface area contributed by atoms with Crippen LogP contribution in [-0.2, 0) is 0 Å². The number of rotatable bonds is 5. The molecule has 1 atom stereocenters. The number of amides is 1. The van der Waals surface area contributed by atoms with Crippen molar-refractivity contribution in [3.05, 3.63) is 36.2 Å². The third-order valence-electron chi connectivity index (χ3n) is 5.37. The first-order chi connectivity index (χ1) is 13.4. The third kappa shape index (κ3) is 4.17. The average molecular weight is 407 g/mol. The van der Waals surface area contributed by atoms with Crippen LogP contribution in [0.2, 0.25) is 0 Å². The highest BCUT2D eigenvalue weighted by molar-refractivity contribution is 8.24. The molecule has 0 radical (unpaired) electrons. The lowest BCUT2D eigenvalue weighted by Crippen LogP contribution is -2.34. The van der Waals surface area contributed by atoms with Crippen molar-refractivity contribution in [2.24, 2.45) is 5.73 Å². The van der Waals surface area contributed by atoms with E-state index in [-0.39, 0.29) is 12.1 Å². The van der Waals surface area contributed by atoms with Crippen LogP contribution in [0, 0.1) is 0 Å². The lowest BCUT2D eigenvalue weighted by atomic mass is 10.0. The zero-order valence-corrected chi connectivity index (χ0v) is 16.4. The predicted molar refractivity (Wildman–Crippen MR) is 109 cm³/mol. The Morgan fingerprint density at radius 3 is 2.71 bits per heavy atom. The summed E-state index contributed by atoms with van der Waals surface area (Å²) in [5, 5.41) is 7.67. The van der Waals surface area contributed by atoms with Gasteiger partial charge >= 0.3 is 0 Å². The van der Waals surface area contributed by atoms with Gasteiger partial charge in [0.05, 0.1) is 23.6 Å². The number of carbonyl (C=O) groups excluding carboxylic acids is 1. The quantitative estimate of drug-likeness (QED) is 0.605. The Kier molecular flexibility index (Phi) is 5.33. The molecule has 3 heterocycles. The van der Waals surface area contributed by atoms with Gasteiger partial charge in [-0.2, -0.15) is 15.7 Å². The van der Waals surface area contributed by atoms with Crippen LogP contribution in [0.3, 0.4) is 0 Å². The second kappa shape index (κ2) is 7.75. The summed E-state index contributed by atoms with van der Waals surface area (Å²) in [6, 6.07) is 5.41. The number of nitrogens with one attached hydrogen (secondary N) is 1. The van der Waals surface area contributed by atoms with Gasteiger partial charge in [-0.1, -0.05) is 6.07 Å². The molecule has 1 amide bonds. The number of hydrogen-bond acceptors (Lipinski definition) is 6. The minimum Gasteiger partial charge on any atom is -0.489 e. The predicted octanol–water partition coefficient (Wildman–Crippen LogP) is 2.48. The standard InChI is InChI=1S/C19H26N4O4S/c20-19(24)17-9-13(1-2-18(17)27-16-3-6-21-7-4-16)14-10-22-23(11-14)15-5-8-28(25,26)12-15/h1-2,9-11,15-16,21,25-26H,3-8,12H2,(H2,20,24). The summed E-state index contributed by atoms with van der Waals surface area (Å²) in [6.45, 7) is 1.80. The van der Waals surface area contributed by atoms with Gasteiger partial charge in [-0.25, -0.2) is 0 Å². The van der Waals surface area contributed by atoms with E-state index in [0.29, 0.717) is 29.2 Å². The summed E-state index contributed by atoms with van der Waals surface area (Å²) in [5.41, 5.74) is 7.62. The van der Waals surface area contributed by atoms with Crippen LogP contribution < -0.4 is 15.8 Å². The smallest absolute Gasteiger partial charge is 0.252 e. The summed E-state index contributed by atoms with van der Waals surface area (Å²) in [5.74, 6) is 0.744. The van der Waals surface area contributed by atoms with Crippen molar-refractivity contribution in [1.29, 1.82) is 0 Å². The molecule has 2 saturated heterocycles. The van der Waals surface area contributed by atoms with Gasteiger partial charge < -0.3 is 15.8 Å². The fourth-order valence-corrected chi connectivity index (χ4v) is 5.54. The molecule has 2 aliphatic heterocycles. The van der Waals surface area contributed by atoms with Crippen LogP contribution in [0.1, 0.15) is 35.7 Å². The van der Waals surface area contributed by atoms with E-state index in [1.54, 1.807) is 23.0 Å². The minimum atomic E-state index is -2.48. The number of carbonyl (C=O) groups is 1. The molecule has 2 aromatic rings. The number of benzene rings is 1. The van der Waals surface area contributed by atoms with Gasteiger partial charge in [-0.15, -0.1) is 0 Å². The number of hydrogen-bond donors (Lipinski definition) is 4. The van der Waals surface area contributed by atoms with E-state index in [2.05, 4.69) is 10.4 Å². The maximum Gasteiger partial charge on any atom is 0.252 e. The van der Waals surface area contributed by atoms with Gasteiger partial charge in [0.25, 0.3) is 5.91 Å². The molecule has 0 spiro atoms. The molecule has 8 nitrogen and oxygen atoms in total. The zero-order valence-electron chi connectivity index (χ0n) is 15.6. The van der Waals surface area contributed by atoms with Crippen LogP contribution in [-0.4, -0.2) is 55.5 Å². The van der Waals surface area contributed by atoms with E-state index in [1.807, 2.05) is 12.3 Å². The molecular weight excluding hydrogens is 380 g/mol. The Labute approximate surface area is 165 Å². The van der Waals surface area contributed by atoms with Crippen LogP contribution in [0.5, 0.6) is 5.75 Å². The van der Waals surface area contributed by atoms with E-state index in [1.165, 1.54) is 0 Å². The number of nitrogens with zero attached hydrogens (tertiary/aromatic N) is 2. The van der Waals surface area contributed by atoms with Crippen molar-refractivity contribution in [1.82, 2.24) is 15.1 Å². The highest BCUT2D eigenvalue weighted by Gasteiger charge is 2.30.